The molecule has 1 heterocycles. The van der Waals surface area contributed by atoms with Crippen molar-refractivity contribution < 1.29 is 19.1 Å². The lowest BCUT2D eigenvalue weighted by Gasteiger charge is -2.23. The van der Waals surface area contributed by atoms with E-state index < -0.39 is 0 Å². The minimum atomic E-state index is -0.270. The Morgan fingerprint density at radius 1 is 1.17 bits per heavy atom. The van der Waals surface area contributed by atoms with E-state index >= 15 is 0 Å². The highest BCUT2D eigenvalue weighted by atomic mass is 32.1. The number of hydrogen-bond acceptors (Lipinski definition) is 6. The summed E-state index contributed by atoms with van der Waals surface area (Å²) in [5, 5.41) is 4.25. The first-order valence-electron chi connectivity index (χ1n) is 10.5. The van der Waals surface area contributed by atoms with Gasteiger partial charge in [-0.3, -0.25) is 4.79 Å². The number of carbonyl (C=O) groups excluding carboxylic acids is 2. The van der Waals surface area contributed by atoms with Gasteiger partial charge in [0.1, 0.15) is 10.8 Å². The van der Waals surface area contributed by atoms with Gasteiger partial charge >= 0.3 is 5.97 Å². The minimum Gasteiger partial charge on any atom is -0.497 e. The summed E-state index contributed by atoms with van der Waals surface area (Å²) in [5.74, 6) is 0.743. The first-order chi connectivity index (χ1) is 14.6. The van der Waals surface area contributed by atoms with Crippen molar-refractivity contribution in [1.29, 1.82) is 0 Å². The van der Waals surface area contributed by atoms with Crippen molar-refractivity contribution in [3.63, 3.8) is 0 Å². The standard InChI is InChI=1S/C24H27NO4S/c1-3-29-24(27)22-20-6-4-5-7-21(20)30-23(22)25-17-12-16(13-18(26)14-17)15-8-10-19(28-2)11-9-15/h8-11,14,16,25H,3-7,12-13H2,1-2H3/t16-/m0/s1. The number of fused-ring (bicyclic) bond motifs is 1. The Balaban J connectivity index is 1.59. The van der Waals surface area contributed by atoms with Crippen LogP contribution in [0.25, 0.3) is 0 Å². The lowest BCUT2D eigenvalue weighted by atomic mass is 9.85. The highest BCUT2D eigenvalue weighted by Gasteiger charge is 2.28. The Labute approximate surface area is 181 Å². The van der Waals surface area contributed by atoms with Gasteiger partial charge in [0.15, 0.2) is 5.78 Å². The molecule has 2 aliphatic carbocycles. The molecule has 5 nitrogen and oxygen atoms in total. The number of hydrogen-bond donors (Lipinski definition) is 1. The Hall–Kier alpha value is -2.60. The maximum atomic E-state index is 12.7. The summed E-state index contributed by atoms with van der Waals surface area (Å²) in [6, 6.07) is 7.90. The monoisotopic (exact) mass is 425 g/mol. The van der Waals surface area contributed by atoms with E-state index in [1.165, 1.54) is 4.88 Å². The first-order valence-corrected chi connectivity index (χ1v) is 11.4. The van der Waals surface area contributed by atoms with Crippen molar-refractivity contribution in [3.8, 4) is 5.75 Å². The number of ketones is 1. The van der Waals surface area contributed by atoms with Crippen LogP contribution in [-0.4, -0.2) is 25.5 Å². The van der Waals surface area contributed by atoms with Crippen molar-refractivity contribution in [2.45, 2.75) is 51.4 Å². The fourth-order valence-electron chi connectivity index (χ4n) is 4.31. The third-order valence-electron chi connectivity index (χ3n) is 5.76. The van der Waals surface area contributed by atoms with Gasteiger partial charge in [-0.15, -0.1) is 11.3 Å². The molecule has 6 heteroatoms. The Kier molecular flexibility index (Phi) is 6.23. The van der Waals surface area contributed by atoms with Crippen LogP contribution in [0.2, 0.25) is 0 Å². The maximum Gasteiger partial charge on any atom is 0.341 e. The van der Waals surface area contributed by atoms with Crippen LogP contribution in [0.4, 0.5) is 5.00 Å². The predicted molar refractivity (Wildman–Crippen MR) is 119 cm³/mol. The largest absolute Gasteiger partial charge is 0.497 e. The molecule has 0 bridgehead atoms. The van der Waals surface area contributed by atoms with Crippen LogP contribution in [0.5, 0.6) is 5.75 Å². The third-order valence-corrected chi connectivity index (χ3v) is 6.97. The number of carbonyl (C=O) groups is 2. The number of nitrogens with one attached hydrogen (secondary N) is 1. The molecular formula is C24H27NO4S. The number of thiophene rings is 1. The second kappa shape index (κ2) is 9.04. The Morgan fingerprint density at radius 2 is 1.93 bits per heavy atom. The summed E-state index contributed by atoms with van der Waals surface area (Å²) in [6.45, 7) is 2.18. The third kappa shape index (κ3) is 4.29. The summed E-state index contributed by atoms with van der Waals surface area (Å²) < 4.78 is 10.6. The molecule has 0 unspecified atom stereocenters. The second-order valence-corrected chi connectivity index (χ2v) is 8.88. The summed E-state index contributed by atoms with van der Waals surface area (Å²) >= 11 is 1.63. The summed E-state index contributed by atoms with van der Waals surface area (Å²) in [4.78, 5) is 26.4. The quantitative estimate of drug-likeness (QED) is 0.640. The fraction of sp³-hybridized carbons (Fsp3) is 0.417. The van der Waals surface area contributed by atoms with Crippen LogP contribution in [0.15, 0.2) is 36.0 Å². The van der Waals surface area contributed by atoms with Crippen LogP contribution in [0.1, 0.15) is 64.9 Å². The molecule has 0 spiro atoms. The predicted octanol–water partition coefficient (Wildman–Crippen LogP) is 5.25. The van der Waals surface area contributed by atoms with Gasteiger partial charge in [0.2, 0.25) is 0 Å². The number of ether oxygens (including phenoxy) is 2. The molecular weight excluding hydrogens is 398 g/mol. The van der Waals surface area contributed by atoms with Gasteiger partial charge in [-0.05, 0) is 68.2 Å². The zero-order chi connectivity index (χ0) is 21.1. The SMILES string of the molecule is CCOC(=O)c1c(NC2=CC(=O)C[C@@H](c3ccc(OC)cc3)C2)sc2c1CCCC2. The van der Waals surface area contributed by atoms with Crippen molar-refractivity contribution in [2.75, 3.05) is 19.0 Å². The minimum absolute atomic E-state index is 0.101. The van der Waals surface area contributed by atoms with Crippen LogP contribution in [-0.2, 0) is 22.4 Å². The lowest BCUT2D eigenvalue weighted by molar-refractivity contribution is -0.115. The van der Waals surface area contributed by atoms with E-state index in [9.17, 15) is 9.59 Å². The van der Waals surface area contributed by atoms with Crippen LogP contribution >= 0.6 is 11.3 Å². The van der Waals surface area contributed by atoms with Gasteiger partial charge in [0.25, 0.3) is 0 Å². The van der Waals surface area contributed by atoms with E-state index in [0.717, 1.165) is 59.7 Å². The number of esters is 1. The molecule has 1 atom stereocenters. The molecule has 0 aliphatic heterocycles. The molecule has 2 aromatic rings. The molecule has 1 aromatic heterocycles. The molecule has 4 rings (SSSR count). The first kappa shape index (κ1) is 20.7. The van der Waals surface area contributed by atoms with Crippen LogP contribution in [0.3, 0.4) is 0 Å². The average Bonchev–Trinajstić information content (AvgIpc) is 3.11. The van der Waals surface area contributed by atoms with Crippen molar-refractivity contribution >= 4 is 28.1 Å². The molecule has 0 amide bonds. The summed E-state index contributed by atoms with van der Waals surface area (Å²) in [6.07, 6.45) is 7.06. The number of benzene rings is 1. The van der Waals surface area contributed by atoms with E-state index in [1.807, 2.05) is 31.2 Å². The number of methoxy groups -OCH3 is 1. The molecule has 1 N–H and O–H groups in total. The van der Waals surface area contributed by atoms with Gasteiger partial charge in [-0.1, -0.05) is 12.1 Å². The highest BCUT2D eigenvalue weighted by Crippen LogP contribution is 2.41. The van der Waals surface area contributed by atoms with E-state index in [1.54, 1.807) is 24.5 Å². The molecule has 2 aliphatic rings. The van der Waals surface area contributed by atoms with Gasteiger partial charge < -0.3 is 14.8 Å². The Morgan fingerprint density at radius 3 is 2.67 bits per heavy atom. The molecule has 158 valence electrons. The molecule has 1 aromatic carbocycles. The van der Waals surface area contributed by atoms with Crippen LogP contribution < -0.4 is 10.1 Å². The van der Waals surface area contributed by atoms with E-state index in [0.29, 0.717) is 18.6 Å². The van der Waals surface area contributed by atoms with E-state index in [-0.39, 0.29) is 17.7 Å². The number of aryl methyl sites for hydroxylation is 1. The normalized spacial score (nSPS) is 18.4. The molecule has 0 fully saturated rings. The molecule has 0 saturated carbocycles. The second-order valence-electron chi connectivity index (χ2n) is 7.77. The summed E-state index contributed by atoms with van der Waals surface area (Å²) in [7, 11) is 1.64. The number of rotatable bonds is 6. The Bertz CT molecular complexity index is 974. The lowest BCUT2D eigenvalue weighted by Crippen LogP contribution is -2.17. The smallest absolute Gasteiger partial charge is 0.341 e. The molecule has 0 saturated heterocycles. The van der Waals surface area contributed by atoms with Gasteiger partial charge in [0, 0.05) is 23.1 Å². The van der Waals surface area contributed by atoms with Crippen molar-refractivity contribution in [3.05, 3.63) is 57.6 Å². The summed E-state index contributed by atoms with van der Waals surface area (Å²) in [5.41, 5.74) is 3.77. The van der Waals surface area contributed by atoms with Gasteiger partial charge in [0.05, 0.1) is 19.3 Å². The molecule has 0 radical (unpaired) electrons. The van der Waals surface area contributed by atoms with Gasteiger partial charge in [-0.25, -0.2) is 4.79 Å². The highest BCUT2D eigenvalue weighted by molar-refractivity contribution is 7.16. The zero-order valence-electron chi connectivity index (χ0n) is 17.5. The van der Waals surface area contributed by atoms with Crippen molar-refractivity contribution in [1.82, 2.24) is 0 Å². The molecule has 30 heavy (non-hydrogen) atoms. The maximum absolute atomic E-state index is 12.7. The van der Waals surface area contributed by atoms with E-state index in [4.69, 9.17) is 9.47 Å². The van der Waals surface area contributed by atoms with E-state index in [2.05, 4.69) is 5.32 Å². The number of allylic oxidation sites excluding steroid dienone is 2. The van der Waals surface area contributed by atoms with Gasteiger partial charge in [-0.2, -0.15) is 0 Å². The van der Waals surface area contributed by atoms with Crippen LogP contribution in [0, 0.1) is 0 Å². The van der Waals surface area contributed by atoms with Crippen molar-refractivity contribution in [2.24, 2.45) is 0 Å². The topological polar surface area (TPSA) is 64.6 Å². The zero-order valence-corrected chi connectivity index (χ0v) is 18.3. The number of anilines is 1. The average molecular weight is 426 g/mol. The fourth-order valence-corrected chi connectivity index (χ4v) is 5.62.